The minimum Gasteiger partial charge on any atom is -0.356 e. The smallest absolute Gasteiger partial charge is 0.193 e. The second-order valence-electron chi connectivity index (χ2n) is 7.38. The lowest BCUT2D eigenvalue weighted by atomic mass is 10.0. The fourth-order valence-corrected chi connectivity index (χ4v) is 6.19. The highest BCUT2D eigenvalue weighted by molar-refractivity contribution is 14.0. The summed E-state index contributed by atoms with van der Waals surface area (Å²) < 4.78 is 23.3. The number of hydrogen-bond donors (Lipinski definition) is 1. The van der Waals surface area contributed by atoms with Crippen LogP contribution in [0.25, 0.3) is 0 Å². The number of aliphatic imine (C=N–C) groups is 1. The number of sulfone groups is 1. The molecule has 0 bridgehead atoms. The molecule has 0 saturated carbocycles. The summed E-state index contributed by atoms with van der Waals surface area (Å²) in [4.78, 5) is 8.55. The van der Waals surface area contributed by atoms with Crippen molar-refractivity contribution in [2.24, 2.45) is 16.8 Å². The van der Waals surface area contributed by atoms with Gasteiger partial charge in [-0.25, -0.2) is 8.42 Å². The molecule has 0 amide bonds. The predicted octanol–water partition coefficient (Wildman–Crippen LogP) is 3.02. The van der Waals surface area contributed by atoms with E-state index in [4.69, 9.17) is 4.99 Å². The van der Waals surface area contributed by atoms with Crippen molar-refractivity contribution in [2.75, 3.05) is 37.7 Å². The Labute approximate surface area is 178 Å². The van der Waals surface area contributed by atoms with E-state index in [2.05, 4.69) is 34.7 Å². The van der Waals surface area contributed by atoms with Crippen LogP contribution in [0.1, 0.15) is 31.1 Å². The number of hydrogen-bond acceptors (Lipinski definition) is 4. The largest absolute Gasteiger partial charge is 0.356 e. The maximum atomic E-state index is 11.7. The van der Waals surface area contributed by atoms with Crippen LogP contribution in [0.15, 0.2) is 22.5 Å². The van der Waals surface area contributed by atoms with E-state index in [9.17, 15) is 8.42 Å². The zero-order valence-electron chi connectivity index (χ0n) is 15.4. The van der Waals surface area contributed by atoms with Crippen LogP contribution >= 0.6 is 35.3 Å². The zero-order chi connectivity index (χ0) is 17.7. The van der Waals surface area contributed by atoms with Crippen molar-refractivity contribution < 1.29 is 8.42 Å². The van der Waals surface area contributed by atoms with Gasteiger partial charge < -0.3 is 10.2 Å². The van der Waals surface area contributed by atoms with Gasteiger partial charge in [-0.05, 0) is 49.0 Å². The molecule has 148 valence electrons. The van der Waals surface area contributed by atoms with Crippen molar-refractivity contribution >= 4 is 51.1 Å². The van der Waals surface area contributed by atoms with Gasteiger partial charge >= 0.3 is 0 Å². The Balaban J connectivity index is 0.00000243. The van der Waals surface area contributed by atoms with Crippen LogP contribution < -0.4 is 5.32 Å². The monoisotopic (exact) mass is 511 g/mol. The molecule has 3 heterocycles. The molecule has 3 rings (SSSR count). The molecule has 26 heavy (non-hydrogen) atoms. The topological polar surface area (TPSA) is 61.8 Å². The van der Waals surface area contributed by atoms with Gasteiger partial charge in [0.15, 0.2) is 15.8 Å². The summed E-state index contributed by atoms with van der Waals surface area (Å²) >= 11 is 1.78. The summed E-state index contributed by atoms with van der Waals surface area (Å²) in [7, 11) is -2.83. The van der Waals surface area contributed by atoms with Crippen molar-refractivity contribution in [3.63, 3.8) is 0 Å². The highest BCUT2D eigenvalue weighted by Crippen LogP contribution is 2.20. The van der Waals surface area contributed by atoms with Gasteiger partial charge in [-0.2, -0.15) is 0 Å². The first-order valence-electron chi connectivity index (χ1n) is 9.28. The van der Waals surface area contributed by atoms with Gasteiger partial charge in [0.05, 0.1) is 11.5 Å². The van der Waals surface area contributed by atoms with Gasteiger partial charge in [0.2, 0.25) is 0 Å². The summed E-state index contributed by atoms with van der Waals surface area (Å²) in [5.74, 6) is 2.46. The van der Waals surface area contributed by atoms with Crippen molar-refractivity contribution in [2.45, 2.75) is 32.6 Å². The van der Waals surface area contributed by atoms with Crippen LogP contribution in [0.4, 0.5) is 0 Å². The first kappa shape index (κ1) is 21.9. The van der Waals surface area contributed by atoms with Crippen molar-refractivity contribution in [3.8, 4) is 0 Å². The van der Waals surface area contributed by atoms with Crippen LogP contribution in [0.2, 0.25) is 0 Å². The minimum absolute atomic E-state index is 0. The molecule has 0 spiro atoms. The molecule has 2 saturated heterocycles. The minimum atomic E-state index is -2.83. The van der Waals surface area contributed by atoms with Gasteiger partial charge in [0, 0.05) is 31.1 Å². The summed E-state index contributed by atoms with van der Waals surface area (Å²) in [6.07, 6.45) is 4.23. The third kappa shape index (κ3) is 6.67. The first-order chi connectivity index (χ1) is 12.0. The summed E-state index contributed by atoms with van der Waals surface area (Å²) in [6, 6.07) is 4.25. The van der Waals surface area contributed by atoms with Gasteiger partial charge in [0.1, 0.15) is 0 Å². The molecule has 1 aromatic rings. The molecule has 2 fully saturated rings. The van der Waals surface area contributed by atoms with Crippen molar-refractivity contribution in [1.29, 1.82) is 0 Å². The second-order valence-corrected chi connectivity index (χ2v) is 10.6. The third-order valence-corrected chi connectivity index (χ3v) is 7.79. The molecular weight excluding hydrogens is 481 g/mol. The summed E-state index contributed by atoms with van der Waals surface area (Å²) in [5, 5.41) is 5.63. The Morgan fingerprint density at radius 1 is 1.42 bits per heavy atom. The molecule has 5 nitrogen and oxygen atoms in total. The van der Waals surface area contributed by atoms with Crippen LogP contribution in [-0.2, 0) is 16.3 Å². The third-order valence-electron chi connectivity index (χ3n) is 5.02. The van der Waals surface area contributed by atoms with E-state index in [-0.39, 0.29) is 29.9 Å². The zero-order valence-corrected chi connectivity index (χ0v) is 19.4. The second kappa shape index (κ2) is 10.3. The van der Waals surface area contributed by atoms with E-state index in [0.29, 0.717) is 24.0 Å². The molecule has 8 heteroatoms. The number of thiophene rings is 1. The Bertz CT molecular complexity index is 677. The first-order valence-corrected chi connectivity index (χ1v) is 12.0. The van der Waals surface area contributed by atoms with Crippen LogP contribution in [0, 0.1) is 11.8 Å². The van der Waals surface area contributed by atoms with E-state index in [1.165, 1.54) is 17.7 Å². The lowest BCUT2D eigenvalue weighted by Gasteiger charge is -2.34. The van der Waals surface area contributed by atoms with Gasteiger partial charge in [-0.1, -0.05) is 13.0 Å². The number of likely N-dealkylation sites (tertiary alicyclic amines) is 1. The Kier molecular flexibility index (Phi) is 8.66. The standard InChI is InChI=1S/C18H29N3O2S2.HI/c1-15-4-2-9-21(13-15)18(19-8-6-17-5-3-10-24-17)20-12-16-7-11-25(22,23)14-16;/h3,5,10,15-16H,2,4,6-9,11-14H2,1H3,(H,19,20);1H. The average molecular weight is 511 g/mol. The Morgan fingerprint density at radius 3 is 2.92 bits per heavy atom. The number of piperidine rings is 1. The van der Waals surface area contributed by atoms with Gasteiger partial charge in [0.25, 0.3) is 0 Å². The number of guanidine groups is 1. The number of rotatable bonds is 5. The number of halogens is 1. The van der Waals surface area contributed by atoms with Crippen molar-refractivity contribution in [3.05, 3.63) is 22.4 Å². The average Bonchev–Trinajstić information content (AvgIpc) is 3.20. The van der Waals surface area contributed by atoms with E-state index in [1.807, 2.05) is 0 Å². The number of nitrogens with one attached hydrogen (secondary N) is 1. The van der Waals surface area contributed by atoms with Gasteiger partial charge in [-0.15, -0.1) is 35.3 Å². The molecule has 2 aliphatic rings. The van der Waals surface area contributed by atoms with Crippen LogP contribution in [0.5, 0.6) is 0 Å². The molecule has 2 unspecified atom stereocenters. The summed E-state index contributed by atoms with van der Waals surface area (Å²) in [5.41, 5.74) is 0. The van der Waals surface area contributed by atoms with E-state index >= 15 is 0 Å². The van der Waals surface area contributed by atoms with Gasteiger partial charge in [-0.3, -0.25) is 4.99 Å². The highest BCUT2D eigenvalue weighted by Gasteiger charge is 2.28. The highest BCUT2D eigenvalue weighted by atomic mass is 127. The normalized spacial score (nSPS) is 25.7. The SMILES string of the molecule is CC1CCCN(C(=NCC2CCS(=O)(=O)C2)NCCc2cccs2)C1.I. The maximum Gasteiger partial charge on any atom is 0.193 e. The lowest BCUT2D eigenvalue weighted by Crippen LogP contribution is -2.47. The van der Waals surface area contributed by atoms with E-state index < -0.39 is 9.84 Å². The Hall–Kier alpha value is -0.350. The molecule has 0 aromatic carbocycles. The van der Waals surface area contributed by atoms with Crippen LogP contribution in [-0.4, -0.2) is 57.0 Å². The molecule has 2 atom stereocenters. The molecule has 1 aromatic heterocycles. The molecule has 1 N–H and O–H groups in total. The predicted molar refractivity (Wildman–Crippen MR) is 120 cm³/mol. The molecule has 0 radical (unpaired) electrons. The molecule has 2 aliphatic heterocycles. The van der Waals surface area contributed by atoms with Crippen molar-refractivity contribution in [1.82, 2.24) is 10.2 Å². The van der Waals surface area contributed by atoms with E-state index in [0.717, 1.165) is 38.4 Å². The lowest BCUT2D eigenvalue weighted by molar-refractivity contribution is 0.265. The van der Waals surface area contributed by atoms with E-state index in [1.54, 1.807) is 11.3 Å². The molecular formula is C18H30IN3O2S2. The molecule has 0 aliphatic carbocycles. The fraction of sp³-hybridized carbons (Fsp3) is 0.722. The number of nitrogens with zero attached hydrogens (tertiary/aromatic N) is 2. The fourth-order valence-electron chi connectivity index (χ4n) is 3.63. The quantitative estimate of drug-likeness (QED) is 0.375. The summed E-state index contributed by atoms with van der Waals surface area (Å²) in [6.45, 7) is 5.85. The van der Waals surface area contributed by atoms with Crippen LogP contribution in [0.3, 0.4) is 0 Å². The Morgan fingerprint density at radius 2 is 2.27 bits per heavy atom. The maximum absolute atomic E-state index is 11.7.